The molecule has 1 heterocycles. The van der Waals surface area contributed by atoms with Crippen molar-refractivity contribution in [3.63, 3.8) is 0 Å². The molecular weight excluding hydrogens is 232 g/mol. The van der Waals surface area contributed by atoms with Gasteiger partial charge in [-0.3, -0.25) is 0 Å². The number of hydrogen-bond donors (Lipinski definition) is 2. The van der Waals surface area contributed by atoms with Gasteiger partial charge in [-0.2, -0.15) is 0 Å². The van der Waals surface area contributed by atoms with Crippen molar-refractivity contribution in [2.45, 2.75) is 12.5 Å². The molecule has 1 aliphatic rings. The molecule has 1 fully saturated rings. The van der Waals surface area contributed by atoms with Crippen molar-refractivity contribution in [2.24, 2.45) is 0 Å². The predicted octanol–water partition coefficient (Wildman–Crippen LogP) is 2.76. The van der Waals surface area contributed by atoms with Crippen LogP contribution in [0.15, 0.2) is 54.6 Å². The fraction of sp³-hybridized carbons (Fsp3) is 0.294. The zero-order valence-electron chi connectivity index (χ0n) is 11.3. The maximum atomic E-state index is 3.61. The quantitative estimate of drug-likeness (QED) is 0.859. The third-order valence-electron chi connectivity index (χ3n) is 3.92. The molecule has 1 aliphatic heterocycles. The zero-order valence-corrected chi connectivity index (χ0v) is 11.3. The van der Waals surface area contributed by atoms with Gasteiger partial charge in [-0.1, -0.05) is 54.6 Å². The lowest BCUT2D eigenvalue weighted by Crippen LogP contribution is -2.54. The fourth-order valence-electron chi connectivity index (χ4n) is 2.69. The van der Waals surface area contributed by atoms with Crippen LogP contribution in [-0.2, 0) is 5.54 Å². The third-order valence-corrected chi connectivity index (χ3v) is 3.92. The van der Waals surface area contributed by atoms with Crippen molar-refractivity contribution in [3.8, 4) is 11.1 Å². The lowest BCUT2D eigenvalue weighted by atomic mass is 9.89. The van der Waals surface area contributed by atoms with Crippen molar-refractivity contribution < 1.29 is 0 Å². The van der Waals surface area contributed by atoms with E-state index in [-0.39, 0.29) is 5.54 Å². The smallest absolute Gasteiger partial charge is 0.0532 e. The van der Waals surface area contributed by atoms with E-state index >= 15 is 0 Å². The molecule has 0 aromatic heterocycles. The number of rotatable bonds is 2. The molecule has 2 N–H and O–H groups in total. The van der Waals surface area contributed by atoms with Crippen LogP contribution in [0.5, 0.6) is 0 Å². The Morgan fingerprint density at radius 1 is 0.842 bits per heavy atom. The maximum Gasteiger partial charge on any atom is 0.0532 e. The van der Waals surface area contributed by atoms with Crippen molar-refractivity contribution >= 4 is 0 Å². The van der Waals surface area contributed by atoms with Gasteiger partial charge in [-0.05, 0) is 23.6 Å². The van der Waals surface area contributed by atoms with Crippen molar-refractivity contribution in [1.29, 1.82) is 0 Å². The van der Waals surface area contributed by atoms with E-state index in [4.69, 9.17) is 0 Å². The highest BCUT2D eigenvalue weighted by Crippen LogP contribution is 2.25. The Morgan fingerprint density at radius 2 is 1.53 bits per heavy atom. The number of hydrogen-bond acceptors (Lipinski definition) is 2. The van der Waals surface area contributed by atoms with Crippen LogP contribution in [0, 0.1) is 0 Å². The summed E-state index contributed by atoms with van der Waals surface area (Å²) in [6.07, 6.45) is 0. The molecule has 0 spiro atoms. The van der Waals surface area contributed by atoms with Gasteiger partial charge in [-0.25, -0.2) is 0 Å². The van der Waals surface area contributed by atoms with Crippen molar-refractivity contribution in [1.82, 2.24) is 10.6 Å². The number of piperazine rings is 1. The van der Waals surface area contributed by atoms with Crippen LogP contribution in [0.4, 0.5) is 0 Å². The first kappa shape index (κ1) is 12.4. The summed E-state index contributed by atoms with van der Waals surface area (Å²) in [5.41, 5.74) is 3.94. The van der Waals surface area contributed by atoms with Gasteiger partial charge >= 0.3 is 0 Å². The van der Waals surface area contributed by atoms with Crippen molar-refractivity contribution in [2.75, 3.05) is 19.6 Å². The normalized spacial score (nSPS) is 23.2. The van der Waals surface area contributed by atoms with Crippen LogP contribution in [0.2, 0.25) is 0 Å². The van der Waals surface area contributed by atoms with Crippen molar-refractivity contribution in [3.05, 3.63) is 60.2 Å². The monoisotopic (exact) mass is 252 g/mol. The van der Waals surface area contributed by atoms with Crippen LogP contribution >= 0.6 is 0 Å². The maximum absolute atomic E-state index is 3.61. The molecule has 1 atom stereocenters. The predicted molar refractivity (Wildman–Crippen MR) is 80.1 cm³/mol. The molecule has 0 amide bonds. The molecule has 98 valence electrons. The lowest BCUT2D eigenvalue weighted by Gasteiger charge is -2.36. The summed E-state index contributed by atoms with van der Waals surface area (Å²) < 4.78 is 0. The molecule has 0 aliphatic carbocycles. The summed E-state index contributed by atoms with van der Waals surface area (Å²) in [7, 11) is 0. The summed E-state index contributed by atoms with van der Waals surface area (Å²) >= 11 is 0. The minimum absolute atomic E-state index is 0.0491. The standard InChI is InChI=1S/C17H20N2/c1-17(13-18-11-12-19-17)16-9-7-15(8-10-16)14-5-3-2-4-6-14/h2-10,18-19H,11-13H2,1H3. The van der Waals surface area contributed by atoms with Gasteiger partial charge in [0.25, 0.3) is 0 Å². The van der Waals surface area contributed by atoms with Crippen LogP contribution in [0.1, 0.15) is 12.5 Å². The minimum Gasteiger partial charge on any atom is -0.313 e. The second-order valence-corrected chi connectivity index (χ2v) is 5.38. The van der Waals surface area contributed by atoms with Crippen LogP contribution < -0.4 is 10.6 Å². The van der Waals surface area contributed by atoms with E-state index in [1.165, 1.54) is 16.7 Å². The molecule has 0 saturated carbocycles. The molecule has 2 heteroatoms. The molecule has 0 radical (unpaired) electrons. The second kappa shape index (κ2) is 5.16. The third kappa shape index (κ3) is 2.55. The first-order valence-electron chi connectivity index (χ1n) is 6.90. The van der Waals surface area contributed by atoms with Gasteiger partial charge in [0.1, 0.15) is 0 Å². The first-order chi connectivity index (χ1) is 9.28. The molecule has 19 heavy (non-hydrogen) atoms. The highest BCUT2D eigenvalue weighted by molar-refractivity contribution is 5.63. The molecule has 2 aromatic carbocycles. The van der Waals surface area contributed by atoms with E-state index in [2.05, 4.69) is 72.2 Å². The highest BCUT2D eigenvalue weighted by atomic mass is 15.1. The molecule has 0 bridgehead atoms. The van der Waals surface area contributed by atoms with Crippen LogP contribution in [0.3, 0.4) is 0 Å². The van der Waals surface area contributed by atoms with Crippen LogP contribution in [-0.4, -0.2) is 19.6 Å². The minimum atomic E-state index is 0.0491. The van der Waals surface area contributed by atoms with E-state index < -0.39 is 0 Å². The Labute approximate surface area is 114 Å². The average molecular weight is 252 g/mol. The molecule has 1 saturated heterocycles. The SMILES string of the molecule is CC1(c2ccc(-c3ccccc3)cc2)CNCCN1. The van der Waals surface area contributed by atoms with Gasteiger partial charge in [0.2, 0.25) is 0 Å². The Morgan fingerprint density at radius 3 is 2.16 bits per heavy atom. The highest BCUT2D eigenvalue weighted by Gasteiger charge is 2.27. The van der Waals surface area contributed by atoms with E-state index in [9.17, 15) is 0 Å². The lowest BCUT2D eigenvalue weighted by molar-refractivity contribution is 0.303. The topological polar surface area (TPSA) is 24.1 Å². The summed E-state index contributed by atoms with van der Waals surface area (Å²) in [5.74, 6) is 0. The Hall–Kier alpha value is -1.64. The Bertz CT molecular complexity index is 525. The average Bonchev–Trinajstić information content (AvgIpc) is 2.49. The van der Waals surface area contributed by atoms with E-state index in [1.54, 1.807) is 0 Å². The van der Waals surface area contributed by atoms with E-state index in [0.29, 0.717) is 0 Å². The second-order valence-electron chi connectivity index (χ2n) is 5.38. The fourth-order valence-corrected chi connectivity index (χ4v) is 2.69. The van der Waals surface area contributed by atoms with Gasteiger partial charge in [-0.15, -0.1) is 0 Å². The Kier molecular flexibility index (Phi) is 3.36. The summed E-state index contributed by atoms with van der Waals surface area (Å²) in [5, 5.41) is 7.07. The molecule has 2 nitrogen and oxygen atoms in total. The summed E-state index contributed by atoms with van der Waals surface area (Å²) in [6.45, 7) is 5.32. The van der Waals surface area contributed by atoms with Crippen LogP contribution in [0.25, 0.3) is 11.1 Å². The van der Waals surface area contributed by atoms with E-state index in [1.807, 2.05) is 0 Å². The van der Waals surface area contributed by atoms with Gasteiger partial charge < -0.3 is 10.6 Å². The summed E-state index contributed by atoms with van der Waals surface area (Å²) in [6, 6.07) is 19.4. The molecule has 1 unspecified atom stereocenters. The largest absolute Gasteiger partial charge is 0.313 e. The van der Waals surface area contributed by atoms with Gasteiger partial charge in [0, 0.05) is 19.6 Å². The van der Waals surface area contributed by atoms with E-state index in [0.717, 1.165) is 19.6 Å². The van der Waals surface area contributed by atoms with Gasteiger partial charge in [0.15, 0.2) is 0 Å². The zero-order chi connectivity index (χ0) is 13.1. The Balaban J connectivity index is 1.87. The number of benzene rings is 2. The first-order valence-corrected chi connectivity index (χ1v) is 6.90. The summed E-state index contributed by atoms with van der Waals surface area (Å²) in [4.78, 5) is 0. The number of nitrogens with one attached hydrogen (secondary N) is 2. The molecular formula is C17H20N2. The molecule has 3 rings (SSSR count). The van der Waals surface area contributed by atoms with Gasteiger partial charge in [0.05, 0.1) is 5.54 Å². The molecule has 2 aromatic rings.